The van der Waals surface area contributed by atoms with Crippen LogP contribution in [0.2, 0.25) is 0 Å². The third-order valence-electron chi connectivity index (χ3n) is 6.53. The van der Waals surface area contributed by atoms with E-state index in [2.05, 4.69) is 14.3 Å². The van der Waals surface area contributed by atoms with Gasteiger partial charge in [0.05, 0.1) is 23.4 Å². The van der Waals surface area contributed by atoms with Crippen LogP contribution in [-0.4, -0.2) is 41.7 Å². The molecule has 4 heterocycles. The molecule has 1 aromatic carbocycles. The highest BCUT2D eigenvalue weighted by atomic mass is 32.1. The first-order chi connectivity index (χ1) is 16.3. The van der Waals surface area contributed by atoms with E-state index in [0.717, 1.165) is 24.4 Å². The zero-order valence-corrected chi connectivity index (χ0v) is 19.2. The number of amides is 1. The predicted octanol–water partition coefficient (Wildman–Crippen LogP) is 4.26. The highest BCUT2D eigenvalue weighted by Gasteiger charge is 2.38. The van der Waals surface area contributed by atoms with E-state index in [-0.39, 0.29) is 29.0 Å². The molecule has 6 rings (SSSR count). The Morgan fingerprint density at radius 3 is 2.65 bits per heavy atom. The van der Waals surface area contributed by atoms with Crippen LogP contribution in [0.3, 0.4) is 0 Å². The maximum atomic E-state index is 14.1. The average molecular weight is 483 g/mol. The van der Waals surface area contributed by atoms with Crippen molar-refractivity contribution in [1.82, 2.24) is 28.8 Å². The molecule has 0 radical (unpaired) electrons. The van der Waals surface area contributed by atoms with Crippen molar-refractivity contribution in [3.8, 4) is 22.8 Å². The molecular formula is C23H20F2N6O2S. The van der Waals surface area contributed by atoms with Crippen molar-refractivity contribution in [1.29, 1.82) is 0 Å². The van der Waals surface area contributed by atoms with Crippen LogP contribution in [0, 0.1) is 0 Å². The quantitative estimate of drug-likeness (QED) is 0.469. The SMILES string of the molecule is C[C@@H]1C(=O)N(C)Cc2c(-c3cccc4nc(-c5nsc(=O)[nH]5)c(C(F)F)cc34)nc(C3CC3)n21. The molecule has 1 atom stereocenters. The fraction of sp³-hybridized carbons (Fsp3) is 0.348. The zero-order valence-electron chi connectivity index (χ0n) is 18.4. The average Bonchev–Trinajstić information content (AvgIpc) is 3.46. The molecule has 1 aliphatic carbocycles. The minimum atomic E-state index is -2.81. The van der Waals surface area contributed by atoms with Crippen LogP contribution in [0.1, 0.15) is 55.2 Å². The highest BCUT2D eigenvalue weighted by molar-refractivity contribution is 7.03. The van der Waals surface area contributed by atoms with Crippen LogP contribution < -0.4 is 4.87 Å². The molecule has 1 aliphatic heterocycles. The summed E-state index contributed by atoms with van der Waals surface area (Å²) in [4.78, 5) is 37.4. The van der Waals surface area contributed by atoms with Gasteiger partial charge in [0.2, 0.25) is 5.91 Å². The molecule has 0 bridgehead atoms. The molecule has 0 spiro atoms. The van der Waals surface area contributed by atoms with Crippen molar-refractivity contribution >= 4 is 28.3 Å². The number of fused-ring (bicyclic) bond motifs is 2. The van der Waals surface area contributed by atoms with Crippen molar-refractivity contribution in [2.24, 2.45) is 0 Å². The molecule has 34 heavy (non-hydrogen) atoms. The molecule has 0 unspecified atom stereocenters. The number of aromatic nitrogens is 5. The van der Waals surface area contributed by atoms with Crippen molar-refractivity contribution in [3.05, 3.63) is 51.0 Å². The second-order valence-electron chi connectivity index (χ2n) is 8.82. The molecule has 1 fully saturated rings. The number of nitrogens with one attached hydrogen (secondary N) is 1. The number of rotatable bonds is 4. The Hall–Kier alpha value is -3.47. The predicted molar refractivity (Wildman–Crippen MR) is 123 cm³/mol. The van der Waals surface area contributed by atoms with E-state index in [0.29, 0.717) is 46.2 Å². The van der Waals surface area contributed by atoms with Crippen LogP contribution in [-0.2, 0) is 11.3 Å². The summed E-state index contributed by atoms with van der Waals surface area (Å²) < 4.78 is 34.2. The molecule has 8 nitrogen and oxygen atoms in total. The molecule has 4 aromatic rings. The standard InChI is InChI=1S/C23H20F2N6O2S/c1-10-22(32)30(2)9-16-17(27-21(31(10)16)11-6-7-11)12-4-3-5-15-13(12)8-14(19(24)25)18(26-15)20-28-23(33)34-29-20/h3-5,8,10-11,19H,6-7,9H2,1-2H3,(H,28,29,33)/t10-/m1/s1. The second kappa shape index (κ2) is 7.52. The molecule has 2 aliphatic rings. The monoisotopic (exact) mass is 482 g/mol. The summed E-state index contributed by atoms with van der Waals surface area (Å²) in [6, 6.07) is 6.45. The first kappa shape index (κ1) is 21.1. The van der Waals surface area contributed by atoms with Gasteiger partial charge in [0, 0.05) is 41.0 Å². The Kier molecular flexibility index (Phi) is 4.67. The maximum Gasteiger partial charge on any atom is 0.323 e. The number of hydrogen-bond acceptors (Lipinski definition) is 6. The zero-order chi connectivity index (χ0) is 23.7. The summed E-state index contributed by atoms with van der Waals surface area (Å²) in [7, 11) is 1.76. The number of alkyl halides is 2. The van der Waals surface area contributed by atoms with Crippen LogP contribution in [0.5, 0.6) is 0 Å². The summed E-state index contributed by atoms with van der Waals surface area (Å²) in [6.07, 6.45) is -0.768. The summed E-state index contributed by atoms with van der Waals surface area (Å²) in [5.41, 5.74) is 2.43. The Labute approximate surface area is 196 Å². The fourth-order valence-electron chi connectivity index (χ4n) is 4.75. The lowest BCUT2D eigenvalue weighted by atomic mass is 10.00. The van der Waals surface area contributed by atoms with Gasteiger partial charge < -0.3 is 9.47 Å². The number of carbonyl (C=O) groups is 1. The van der Waals surface area contributed by atoms with E-state index in [1.807, 2.05) is 23.6 Å². The Balaban J connectivity index is 1.60. The fourth-order valence-corrected chi connectivity index (χ4v) is 5.20. The van der Waals surface area contributed by atoms with E-state index >= 15 is 0 Å². The van der Waals surface area contributed by atoms with Gasteiger partial charge in [-0.2, -0.15) is 4.37 Å². The van der Waals surface area contributed by atoms with Crippen molar-refractivity contribution in [2.45, 2.75) is 44.7 Å². The lowest BCUT2D eigenvalue weighted by Crippen LogP contribution is -2.39. The van der Waals surface area contributed by atoms with E-state index in [9.17, 15) is 18.4 Å². The van der Waals surface area contributed by atoms with Crippen molar-refractivity contribution < 1.29 is 13.6 Å². The van der Waals surface area contributed by atoms with Crippen LogP contribution in [0.4, 0.5) is 8.78 Å². The largest absolute Gasteiger partial charge is 0.338 e. The number of likely N-dealkylation sites (N-methyl/N-ethyl adjacent to an activating group) is 1. The number of halogens is 2. The van der Waals surface area contributed by atoms with Crippen LogP contribution in [0.25, 0.3) is 33.7 Å². The van der Waals surface area contributed by atoms with E-state index in [4.69, 9.17) is 4.98 Å². The number of benzene rings is 1. The van der Waals surface area contributed by atoms with E-state index < -0.39 is 11.3 Å². The van der Waals surface area contributed by atoms with Gasteiger partial charge in [0.15, 0.2) is 5.82 Å². The Morgan fingerprint density at radius 2 is 1.97 bits per heavy atom. The van der Waals surface area contributed by atoms with Crippen LogP contribution in [0.15, 0.2) is 29.1 Å². The molecule has 1 amide bonds. The van der Waals surface area contributed by atoms with E-state index in [1.54, 1.807) is 18.0 Å². The second-order valence-corrected chi connectivity index (χ2v) is 9.56. The van der Waals surface area contributed by atoms with Gasteiger partial charge in [-0.15, -0.1) is 0 Å². The van der Waals surface area contributed by atoms with Crippen molar-refractivity contribution in [3.63, 3.8) is 0 Å². The summed E-state index contributed by atoms with van der Waals surface area (Å²) >= 11 is 0.661. The Bertz CT molecular complexity index is 1520. The maximum absolute atomic E-state index is 14.1. The number of aromatic amines is 1. The topological polar surface area (TPSA) is 96.8 Å². The van der Waals surface area contributed by atoms with Gasteiger partial charge in [0.25, 0.3) is 6.43 Å². The molecule has 11 heteroatoms. The third kappa shape index (κ3) is 3.17. The third-order valence-corrected chi connectivity index (χ3v) is 7.07. The normalized spacial score (nSPS) is 18.2. The number of carbonyl (C=O) groups excluding carboxylic acids is 1. The minimum absolute atomic E-state index is 0.0276. The number of pyridine rings is 1. The Morgan fingerprint density at radius 1 is 1.18 bits per heavy atom. The first-order valence-electron chi connectivity index (χ1n) is 11.0. The summed E-state index contributed by atoms with van der Waals surface area (Å²) in [5.74, 6) is 1.25. The molecule has 1 N–H and O–H groups in total. The van der Waals surface area contributed by atoms with Gasteiger partial charge in [-0.3, -0.25) is 14.6 Å². The molecule has 0 saturated heterocycles. The number of hydrogen-bond donors (Lipinski definition) is 1. The summed E-state index contributed by atoms with van der Waals surface area (Å²) in [6.45, 7) is 2.27. The van der Waals surface area contributed by atoms with Gasteiger partial charge in [-0.05, 0) is 31.9 Å². The van der Waals surface area contributed by atoms with Gasteiger partial charge >= 0.3 is 4.87 Å². The number of imidazole rings is 1. The molecule has 3 aromatic heterocycles. The van der Waals surface area contributed by atoms with Gasteiger partial charge in [-0.1, -0.05) is 12.1 Å². The van der Waals surface area contributed by atoms with E-state index in [1.165, 1.54) is 6.07 Å². The lowest BCUT2D eigenvalue weighted by molar-refractivity contribution is -0.135. The molecule has 1 saturated carbocycles. The lowest BCUT2D eigenvalue weighted by Gasteiger charge is -2.31. The van der Waals surface area contributed by atoms with Crippen LogP contribution >= 0.6 is 11.5 Å². The smallest absolute Gasteiger partial charge is 0.323 e. The molecule has 174 valence electrons. The van der Waals surface area contributed by atoms with Crippen molar-refractivity contribution in [2.75, 3.05) is 7.05 Å². The number of H-pyrrole nitrogens is 1. The first-order valence-corrected chi connectivity index (χ1v) is 11.8. The van der Waals surface area contributed by atoms with Gasteiger partial charge in [-0.25, -0.2) is 18.7 Å². The minimum Gasteiger partial charge on any atom is -0.338 e. The van der Waals surface area contributed by atoms with Gasteiger partial charge in [0.1, 0.15) is 17.6 Å². The molecular weight excluding hydrogens is 462 g/mol. The highest BCUT2D eigenvalue weighted by Crippen LogP contribution is 2.45. The number of nitrogens with zero attached hydrogens (tertiary/aromatic N) is 5. The summed E-state index contributed by atoms with van der Waals surface area (Å²) in [5, 5.41) is 0.537.